The number of nitrogens with one attached hydrogen (secondary N) is 2. The Hall–Kier alpha value is -1.47. The van der Waals surface area contributed by atoms with Gasteiger partial charge in [0.25, 0.3) is 0 Å². The number of hydrogen-bond donors (Lipinski definition) is 3. The van der Waals surface area contributed by atoms with Gasteiger partial charge in [-0.05, 0) is 26.2 Å². The van der Waals surface area contributed by atoms with Crippen LogP contribution in [0.1, 0.15) is 39.0 Å². The Balaban J connectivity index is 3.59. The first kappa shape index (κ1) is 17.5. The van der Waals surface area contributed by atoms with E-state index < -0.39 is 24.6 Å². The van der Waals surface area contributed by atoms with Crippen LogP contribution in [0.15, 0.2) is 0 Å². The molecule has 0 aliphatic rings. The number of amides is 2. The molecule has 0 aromatic heterocycles. The Bertz CT molecular complexity index is 295. The van der Waals surface area contributed by atoms with Crippen molar-refractivity contribution in [1.29, 1.82) is 0 Å². The molecule has 0 spiro atoms. The van der Waals surface area contributed by atoms with Crippen molar-refractivity contribution in [3.05, 3.63) is 0 Å². The summed E-state index contributed by atoms with van der Waals surface area (Å²) in [5, 5.41) is 13.3. The molecule has 0 saturated carbocycles. The fourth-order valence-corrected chi connectivity index (χ4v) is 1.40. The van der Waals surface area contributed by atoms with E-state index in [0.717, 1.165) is 0 Å². The zero-order valence-electron chi connectivity index (χ0n) is 10.7. The maximum Gasteiger partial charge on any atom is 0.389 e. The van der Waals surface area contributed by atoms with Gasteiger partial charge in [0.15, 0.2) is 0 Å². The van der Waals surface area contributed by atoms with Gasteiger partial charge >= 0.3 is 18.2 Å². The smallest absolute Gasteiger partial charge is 0.389 e. The molecule has 0 heterocycles. The number of rotatable bonds is 8. The van der Waals surface area contributed by atoms with Crippen LogP contribution < -0.4 is 10.6 Å². The predicted molar refractivity (Wildman–Crippen MR) is 62.8 cm³/mol. The van der Waals surface area contributed by atoms with E-state index in [2.05, 4.69) is 10.6 Å². The van der Waals surface area contributed by atoms with Gasteiger partial charge < -0.3 is 15.7 Å². The third-order valence-corrected chi connectivity index (χ3v) is 2.33. The monoisotopic (exact) mass is 284 g/mol. The molecular weight excluding hydrogens is 265 g/mol. The highest BCUT2D eigenvalue weighted by atomic mass is 19.4. The van der Waals surface area contributed by atoms with Crippen LogP contribution in [0.4, 0.5) is 18.0 Å². The van der Waals surface area contributed by atoms with E-state index in [4.69, 9.17) is 5.11 Å². The van der Waals surface area contributed by atoms with Crippen LogP contribution in [0.25, 0.3) is 0 Å². The number of carbonyl (C=O) groups is 2. The molecule has 19 heavy (non-hydrogen) atoms. The summed E-state index contributed by atoms with van der Waals surface area (Å²) in [4.78, 5) is 21.5. The average Bonchev–Trinajstić information content (AvgIpc) is 2.22. The maximum atomic E-state index is 11.8. The van der Waals surface area contributed by atoms with Crippen molar-refractivity contribution in [2.24, 2.45) is 0 Å². The number of carboxylic acid groups (broad SMARTS) is 1. The topological polar surface area (TPSA) is 78.4 Å². The fraction of sp³-hybridized carbons (Fsp3) is 0.818. The van der Waals surface area contributed by atoms with Crippen molar-refractivity contribution in [2.75, 3.05) is 6.54 Å². The molecule has 0 fully saturated rings. The second kappa shape index (κ2) is 8.60. The molecule has 0 bridgehead atoms. The molecule has 1 atom stereocenters. The zero-order chi connectivity index (χ0) is 14.9. The Morgan fingerprint density at radius 3 is 2.42 bits per heavy atom. The van der Waals surface area contributed by atoms with Crippen LogP contribution in [-0.4, -0.2) is 35.9 Å². The summed E-state index contributed by atoms with van der Waals surface area (Å²) in [6.07, 6.45) is -4.33. The molecule has 0 aromatic rings. The average molecular weight is 284 g/mol. The quantitative estimate of drug-likeness (QED) is 0.598. The van der Waals surface area contributed by atoms with Gasteiger partial charge in [0.05, 0.1) is 0 Å². The summed E-state index contributed by atoms with van der Waals surface area (Å²) in [5.41, 5.74) is 0. The molecule has 0 aliphatic carbocycles. The van der Waals surface area contributed by atoms with Gasteiger partial charge in [0, 0.05) is 25.4 Å². The molecule has 3 N–H and O–H groups in total. The van der Waals surface area contributed by atoms with Gasteiger partial charge in [-0.1, -0.05) is 0 Å². The maximum absolute atomic E-state index is 11.8. The SMILES string of the molecule is CC(CCCC(=O)O)NC(=O)NCCCC(F)(F)F. The molecule has 5 nitrogen and oxygen atoms in total. The molecule has 1 unspecified atom stereocenters. The number of aliphatic carboxylic acids is 1. The van der Waals surface area contributed by atoms with Crippen LogP contribution >= 0.6 is 0 Å². The number of carbonyl (C=O) groups excluding carboxylic acids is 1. The summed E-state index contributed by atoms with van der Waals surface area (Å²) >= 11 is 0. The minimum absolute atomic E-state index is 0.0270. The van der Waals surface area contributed by atoms with Gasteiger partial charge in [-0.2, -0.15) is 13.2 Å². The van der Waals surface area contributed by atoms with Crippen LogP contribution in [0.3, 0.4) is 0 Å². The molecule has 8 heteroatoms. The van der Waals surface area contributed by atoms with Crippen LogP contribution in [0.2, 0.25) is 0 Å². The molecule has 2 amide bonds. The molecule has 0 rings (SSSR count). The van der Waals surface area contributed by atoms with Crippen molar-refractivity contribution in [2.45, 2.75) is 51.2 Å². The van der Waals surface area contributed by atoms with Crippen LogP contribution in [0.5, 0.6) is 0 Å². The molecule has 0 aromatic carbocycles. The normalized spacial score (nSPS) is 12.8. The van der Waals surface area contributed by atoms with E-state index >= 15 is 0 Å². The summed E-state index contributed by atoms with van der Waals surface area (Å²) in [5.74, 6) is -0.899. The first-order chi connectivity index (χ1) is 8.70. The van der Waals surface area contributed by atoms with Crippen LogP contribution in [0, 0.1) is 0 Å². The second-order valence-electron chi connectivity index (χ2n) is 4.31. The summed E-state index contributed by atoms with van der Waals surface area (Å²) < 4.78 is 35.5. The fourth-order valence-electron chi connectivity index (χ4n) is 1.40. The van der Waals surface area contributed by atoms with Crippen molar-refractivity contribution in [1.82, 2.24) is 10.6 Å². The van der Waals surface area contributed by atoms with Crippen molar-refractivity contribution >= 4 is 12.0 Å². The lowest BCUT2D eigenvalue weighted by molar-refractivity contribution is -0.137. The van der Waals surface area contributed by atoms with E-state index in [9.17, 15) is 22.8 Å². The van der Waals surface area contributed by atoms with Crippen molar-refractivity contribution in [3.63, 3.8) is 0 Å². The largest absolute Gasteiger partial charge is 0.481 e. The Morgan fingerprint density at radius 1 is 1.26 bits per heavy atom. The number of urea groups is 1. The highest BCUT2D eigenvalue weighted by Crippen LogP contribution is 2.20. The number of alkyl halides is 3. The molecule has 0 aliphatic heterocycles. The van der Waals surface area contributed by atoms with Gasteiger partial charge in [-0.3, -0.25) is 4.79 Å². The minimum Gasteiger partial charge on any atom is -0.481 e. The summed E-state index contributed by atoms with van der Waals surface area (Å²) in [6, 6.07) is -0.757. The third kappa shape index (κ3) is 12.8. The summed E-state index contributed by atoms with van der Waals surface area (Å²) in [7, 11) is 0. The van der Waals surface area contributed by atoms with E-state index in [1.54, 1.807) is 6.92 Å². The lowest BCUT2D eigenvalue weighted by atomic mass is 10.1. The molecule has 0 saturated heterocycles. The molecular formula is C11H19F3N2O3. The van der Waals surface area contributed by atoms with E-state index in [-0.39, 0.29) is 25.4 Å². The number of halogens is 3. The second-order valence-corrected chi connectivity index (χ2v) is 4.31. The third-order valence-electron chi connectivity index (χ3n) is 2.33. The first-order valence-electron chi connectivity index (χ1n) is 6.03. The first-order valence-corrected chi connectivity index (χ1v) is 6.03. The number of carboxylic acids is 1. The Morgan fingerprint density at radius 2 is 1.89 bits per heavy atom. The molecule has 0 radical (unpaired) electrons. The van der Waals surface area contributed by atoms with Crippen molar-refractivity contribution in [3.8, 4) is 0 Å². The number of hydrogen-bond acceptors (Lipinski definition) is 2. The lowest BCUT2D eigenvalue weighted by Crippen LogP contribution is -2.41. The van der Waals surface area contributed by atoms with E-state index in [0.29, 0.717) is 12.8 Å². The van der Waals surface area contributed by atoms with Gasteiger partial charge in [-0.25, -0.2) is 4.79 Å². The highest BCUT2D eigenvalue weighted by Gasteiger charge is 2.25. The standard InChI is InChI=1S/C11H19F3N2O3/c1-8(4-2-5-9(17)18)16-10(19)15-7-3-6-11(12,13)14/h8H,2-7H2,1H3,(H,17,18)(H2,15,16,19). The minimum atomic E-state index is -4.21. The highest BCUT2D eigenvalue weighted by molar-refractivity contribution is 5.74. The predicted octanol–water partition coefficient (Wildman–Crippen LogP) is 2.27. The van der Waals surface area contributed by atoms with Crippen molar-refractivity contribution < 1.29 is 27.9 Å². The van der Waals surface area contributed by atoms with E-state index in [1.165, 1.54) is 0 Å². The Labute approximate surface area is 109 Å². The van der Waals surface area contributed by atoms with Gasteiger partial charge in [-0.15, -0.1) is 0 Å². The van der Waals surface area contributed by atoms with Gasteiger partial charge in [0.1, 0.15) is 0 Å². The van der Waals surface area contributed by atoms with E-state index in [1.807, 2.05) is 0 Å². The zero-order valence-corrected chi connectivity index (χ0v) is 10.7. The molecule has 112 valence electrons. The lowest BCUT2D eigenvalue weighted by Gasteiger charge is -2.14. The summed E-state index contributed by atoms with van der Waals surface area (Å²) in [6.45, 7) is 1.66. The van der Waals surface area contributed by atoms with Crippen LogP contribution in [-0.2, 0) is 4.79 Å². The Kier molecular flexibility index (Phi) is 7.94. The van der Waals surface area contributed by atoms with Gasteiger partial charge in [0.2, 0.25) is 0 Å².